The van der Waals surface area contributed by atoms with Crippen LogP contribution in [0.5, 0.6) is 0 Å². The molecule has 0 aliphatic heterocycles. The van der Waals surface area contributed by atoms with E-state index in [4.69, 9.17) is 11.6 Å². The standard InChI is InChI=1S/C12H9ClSSe/c13-10-3-5-12(6-4-10)15-9-7-11-2-1-8-14-11/h1-9H. The first-order valence-corrected chi connectivity index (χ1v) is 7.57. The zero-order valence-corrected chi connectivity index (χ0v) is 11.2. The second kappa shape index (κ2) is 5.53. The fraction of sp³-hybridized carbons (Fsp3) is 0. The predicted molar refractivity (Wildman–Crippen MR) is 70.2 cm³/mol. The Hall–Kier alpha value is -0.531. The molecule has 0 spiro atoms. The molecule has 3 heteroatoms. The van der Waals surface area contributed by atoms with Gasteiger partial charge in [-0.25, -0.2) is 0 Å². The Morgan fingerprint density at radius 3 is 2.60 bits per heavy atom. The molecule has 0 amide bonds. The van der Waals surface area contributed by atoms with E-state index in [1.807, 2.05) is 12.1 Å². The fourth-order valence-corrected chi connectivity index (χ4v) is 3.41. The SMILES string of the molecule is Clc1ccc([Se]C=Cc2cccs2)cc1. The molecule has 0 saturated heterocycles. The molecule has 1 aromatic heterocycles. The van der Waals surface area contributed by atoms with Gasteiger partial charge in [0.2, 0.25) is 0 Å². The summed E-state index contributed by atoms with van der Waals surface area (Å²) >= 11 is 7.98. The van der Waals surface area contributed by atoms with Crippen LogP contribution in [0.2, 0.25) is 5.02 Å². The summed E-state index contributed by atoms with van der Waals surface area (Å²) in [5, 5.41) is 2.89. The summed E-state index contributed by atoms with van der Waals surface area (Å²) in [4.78, 5) is 3.55. The quantitative estimate of drug-likeness (QED) is 0.762. The maximum absolute atomic E-state index is 5.82. The number of rotatable bonds is 3. The summed E-state index contributed by atoms with van der Waals surface area (Å²) < 4.78 is 1.35. The average Bonchev–Trinajstić information content (AvgIpc) is 2.74. The second-order valence-electron chi connectivity index (χ2n) is 2.89. The van der Waals surface area contributed by atoms with Gasteiger partial charge in [-0.05, 0) is 0 Å². The zero-order chi connectivity index (χ0) is 10.5. The van der Waals surface area contributed by atoms with E-state index in [9.17, 15) is 0 Å². The van der Waals surface area contributed by atoms with Crippen molar-refractivity contribution in [3.63, 3.8) is 0 Å². The minimum atomic E-state index is 0.397. The Bertz CT molecular complexity index is 431. The Labute approximate surface area is 105 Å². The fourth-order valence-electron chi connectivity index (χ4n) is 1.08. The summed E-state index contributed by atoms with van der Waals surface area (Å²) in [5.74, 6) is 0. The third-order valence-electron chi connectivity index (χ3n) is 1.79. The first kappa shape index (κ1) is 11.0. The van der Waals surface area contributed by atoms with Crippen LogP contribution in [0.25, 0.3) is 6.08 Å². The van der Waals surface area contributed by atoms with Crippen molar-refractivity contribution in [2.75, 3.05) is 0 Å². The van der Waals surface area contributed by atoms with Gasteiger partial charge in [0.25, 0.3) is 0 Å². The van der Waals surface area contributed by atoms with Crippen LogP contribution < -0.4 is 4.46 Å². The predicted octanol–water partition coefficient (Wildman–Crippen LogP) is 3.40. The number of hydrogen-bond donors (Lipinski definition) is 0. The zero-order valence-electron chi connectivity index (χ0n) is 7.89. The monoisotopic (exact) mass is 300 g/mol. The molecular weight excluding hydrogens is 291 g/mol. The van der Waals surface area contributed by atoms with Crippen molar-refractivity contribution in [3.8, 4) is 0 Å². The Morgan fingerprint density at radius 2 is 1.93 bits per heavy atom. The molecular formula is C12H9ClSSe. The van der Waals surface area contributed by atoms with Crippen LogP contribution in [-0.2, 0) is 0 Å². The molecule has 1 aromatic carbocycles. The van der Waals surface area contributed by atoms with Gasteiger partial charge in [0.05, 0.1) is 0 Å². The van der Waals surface area contributed by atoms with Gasteiger partial charge >= 0.3 is 105 Å². The van der Waals surface area contributed by atoms with Gasteiger partial charge in [-0.1, -0.05) is 0 Å². The van der Waals surface area contributed by atoms with Crippen molar-refractivity contribution >= 4 is 48.4 Å². The van der Waals surface area contributed by atoms with Gasteiger partial charge in [-0.2, -0.15) is 0 Å². The second-order valence-corrected chi connectivity index (χ2v) is 6.36. The number of thiophene rings is 1. The number of hydrogen-bond acceptors (Lipinski definition) is 1. The Kier molecular flexibility index (Phi) is 4.04. The van der Waals surface area contributed by atoms with Crippen LogP contribution >= 0.6 is 22.9 Å². The molecule has 76 valence electrons. The van der Waals surface area contributed by atoms with Gasteiger partial charge < -0.3 is 0 Å². The molecule has 0 saturated carbocycles. The van der Waals surface area contributed by atoms with E-state index in [0.29, 0.717) is 15.0 Å². The van der Waals surface area contributed by atoms with Gasteiger partial charge in [0.15, 0.2) is 0 Å². The summed E-state index contributed by atoms with van der Waals surface area (Å²) in [5.41, 5.74) is 0. The Balaban J connectivity index is 1.96. The molecule has 1 heterocycles. The van der Waals surface area contributed by atoms with E-state index < -0.39 is 0 Å². The first-order chi connectivity index (χ1) is 7.34. The van der Waals surface area contributed by atoms with Crippen molar-refractivity contribution in [1.82, 2.24) is 0 Å². The molecule has 2 rings (SSSR count). The first-order valence-electron chi connectivity index (χ1n) is 4.47. The van der Waals surface area contributed by atoms with Crippen LogP contribution in [0.15, 0.2) is 46.8 Å². The summed E-state index contributed by atoms with van der Waals surface area (Å²) in [6.45, 7) is 0. The average molecular weight is 300 g/mol. The van der Waals surface area contributed by atoms with Crippen molar-refractivity contribution in [2.24, 2.45) is 0 Å². The van der Waals surface area contributed by atoms with Crippen molar-refractivity contribution < 1.29 is 0 Å². The van der Waals surface area contributed by atoms with E-state index in [-0.39, 0.29) is 0 Å². The summed E-state index contributed by atoms with van der Waals surface area (Å²) in [7, 11) is 0. The molecule has 0 fully saturated rings. The molecule has 0 bridgehead atoms. The number of benzene rings is 1. The summed E-state index contributed by atoms with van der Waals surface area (Å²) in [6, 6.07) is 12.2. The van der Waals surface area contributed by atoms with E-state index in [1.165, 1.54) is 9.34 Å². The third-order valence-corrected chi connectivity index (χ3v) is 4.60. The number of halogens is 1. The van der Waals surface area contributed by atoms with Gasteiger partial charge in [-0.15, -0.1) is 0 Å². The van der Waals surface area contributed by atoms with E-state index in [0.717, 1.165) is 5.02 Å². The van der Waals surface area contributed by atoms with Crippen LogP contribution in [0.1, 0.15) is 4.88 Å². The minimum absolute atomic E-state index is 0.397. The summed E-state index contributed by atoms with van der Waals surface area (Å²) in [6.07, 6.45) is 2.18. The van der Waals surface area contributed by atoms with Crippen molar-refractivity contribution in [3.05, 3.63) is 56.7 Å². The van der Waals surface area contributed by atoms with Gasteiger partial charge in [0, 0.05) is 0 Å². The molecule has 0 atom stereocenters. The third kappa shape index (κ3) is 3.51. The van der Waals surface area contributed by atoms with E-state index in [2.05, 4.69) is 40.7 Å². The molecule has 0 unspecified atom stereocenters. The molecule has 15 heavy (non-hydrogen) atoms. The van der Waals surface area contributed by atoms with Crippen LogP contribution in [0.4, 0.5) is 0 Å². The molecule has 0 aliphatic rings. The van der Waals surface area contributed by atoms with Gasteiger partial charge in [-0.3, -0.25) is 0 Å². The molecule has 0 radical (unpaired) electrons. The maximum atomic E-state index is 5.82. The Morgan fingerprint density at radius 1 is 1.13 bits per heavy atom. The van der Waals surface area contributed by atoms with Crippen molar-refractivity contribution in [2.45, 2.75) is 0 Å². The van der Waals surface area contributed by atoms with E-state index >= 15 is 0 Å². The molecule has 0 N–H and O–H groups in total. The van der Waals surface area contributed by atoms with Crippen LogP contribution in [0.3, 0.4) is 0 Å². The molecule has 2 aromatic rings. The molecule has 0 nitrogen and oxygen atoms in total. The molecule has 0 aliphatic carbocycles. The topological polar surface area (TPSA) is 0 Å². The van der Waals surface area contributed by atoms with Crippen LogP contribution in [-0.4, -0.2) is 15.0 Å². The normalized spacial score (nSPS) is 11.0. The van der Waals surface area contributed by atoms with Crippen LogP contribution in [0, 0.1) is 0 Å². The van der Waals surface area contributed by atoms with E-state index in [1.54, 1.807) is 11.3 Å². The van der Waals surface area contributed by atoms with Crippen molar-refractivity contribution in [1.29, 1.82) is 0 Å². The van der Waals surface area contributed by atoms with Gasteiger partial charge in [0.1, 0.15) is 0 Å².